The minimum atomic E-state index is -0.906. The van der Waals surface area contributed by atoms with Gasteiger partial charge in [-0.1, -0.05) is 18.2 Å². The van der Waals surface area contributed by atoms with E-state index in [0.717, 1.165) is 16.8 Å². The van der Waals surface area contributed by atoms with E-state index in [4.69, 9.17) is 4.74 Å². The smallest absolute Gasteiger partial charge is 0.359 e. The Hall–Kier alpha value is -4.08. The first-order chi connectivity index (χ1) is 13.9. The van der Waals surface area contributed by atoms with Gasteiger partial charge < -0.3 is 4.74 Å². The molecule has 0 unspecified atom stereocenters. The zero-order chi connectivity index (χ0) is 21.0. The van der Waals surface area contributed by atoms with Crippen LogP contribution in [-0.2, 0) is 16.6 Å². The fraction of sp³-hybridized carbons (Fsp3) is 0.105. The molecule has 0 radical (unpaired) electrons. The molecule has 0 aliphatic carbocycles. The van der Waals surface area contributed by atoms with Gasteiger partial charge in [-0.05, 0) is 30.3 Å². The molecular weight excluding hydrogens is 383 g/mol. The van der Waals surface area contributed by atoms with Crippen molar-refractivity contribution in [3.05, 3.63) is 76.0 Å². The first-order valence-corrected chi connectivity index (χ1v) is 8.34. The fourth-order valence-corrected chi connectivity index (χ4v) is 2.49. The molecule has 0 fully saturated rings. The summed E-state index contributed by atoms with van der Waals surface area (Å²) in [6.07, 6.45) is 0. The number of benzene rings is 2. The topological polar surface area (TPSA) is 119 Å². The SMILES string of the molecule is Cn1nc(C(=O)OCC(=O)NNC(=O)c2ccc(F)cc2)c2ccccc2c1=O. The van der Waals surface area contributed by atoms with E-state index < -0.39 is 30.2 Å². The minimum absolute atomic E-state index is 0.120. The number of amides is 2. The molecule has 29 heavy (non-hydrogen) atoms. The molecule has 1 aromatic heterocycles. The summed E-state index contributed by atoms with van der Waals surface area (Å²) in [5, 5.41) is 4.48. The molecule has 0 saturated carbocycles. The van der Waals surface area contributed by atoms with Crippen molar-refractivity contribution in [1.82, 2.24) is 20.6 Å². The monoisotopic (exact) mass is 398 g/mol. The predicted molar refractivity (Wildman–Crippen MR) is 99.3 cm³/mol. The number of hydrazine groups is 1. The standard InChI is InChI=1S/C19H15FN4O5/c1-24-18(27)14-5-3-2-4-13(14)16(23-24)19(28)29-10-15(25)21-22-17(26)11-6-8-12(20)9-7-11/h2-9H,10H2,1H3,(H,21,25)(H,22,26). The van der Waals surface area contributed by atoms with Crippen LogP contribution in [0.1, 0.15) is 20.8 Å². The van der Waals surface area contributed by atoms with Gasteiger partial charge in [0, 0.05) is 18.0 Å². The van der Waals surface area contributed by atoms with Gasteiger partial charge in [0.2, 0.25) is 0 Å². The number of hydrogen-bond donors (Lipinski definition) is 2. The van der Waals surface area contributed by atoms with E-state index in [9.17, 15) is 23.6 Å². The number of aromatic nitrogens is 2. The number of nitrogens with zero attached hydrogens (tertiary/aromatic N) is 2. The van der Waals surface area contributed by atoms with Crippen molar-refractivity contribution in [2.45, 2.75) is 0 Å². The second-order valence-electron chi connectivity index (χ2n) is 5.91. The van der Waals surface area contributed by atoms with Crippen LogP contribution in [0.15, 0.2) is 53.3 Å². The van der Waals surface area contributed by atoms with Crippen LogP contribution >= 0.6 is 0 Å². The summed E-state index contributed by atoms with van der Waals surface area (Å²) < 4.78 is 18.8. The van der Waals surface area contributed by atoms with E-state index >= 15 is 0 Å². The van der Waals surface area contributed by atoms with Gasteiger partial charge in [0.05, 0.1) is 5.39 Å². The lowest BCUT2D eigenvalue weighted by atomic mass is 10.1. The Balaban J connectivity index is 1.61. The molecule has 0 atom stereocenters. The van der Waals surface area contributed by atoms with E-state index in [1.54, 1.807) is 24.3 Å². The number of fused-ring (bicyclic) bond motifs is 1. The number of carbonyl (C=O) groups excluding carboxylic acids is 3. The molecule has 1 heterocycles. The lowest BCUT2D eigenvalue weighted by Gasteiger charge is -2.09. The second-order valence-corrected chi connectivity index (χ2v) is 5.91. The molecule has 0 spiro atoms. The van der Waals surface area contributed by atoms with Crippen molar-refractivity contribution in [2.75, 3.05) is 6.61 Å². The van der Waals surface area contributed by atoms with E-state index in [1.807, 2.05) is 0 Å². The first-order valence-electron chi connectivity index (χ1n) is 8.34. The highest BCUT2D eigenvalue weighted by Gasteiger charge is 2.18. The number of aryl methyl sites for hydroxylation is 1. The van der Waals surface area contributed by atoms with Crippen LogP contribution in [0, 0.1) is 5.82 Å². The van der Waals surface area contributed by atoms with Crippen LogP contribution in [0.2, 0.25) is 0 Å². The summed E-state index contributed by atoms with van der Waals surface area (Å²) in [7, 11) is 1.39. The van der Waals surface area contributed by atoms with Crippen molar-refractivity contribution in [2.24, 2.45) is 7.05 Å². The Morgan fingerprint density at radius 3 is 2.38 bits per heavy atom. The zero-order valence-corrected chi connectivity index (χ0v) is 15.1. The number of esters is 1. The molecule has 3 aromatic rings. The van der Waals surface area contributed by atoms with Gasteiger partial charge in [-0.3, -0.25) is 25.2 Å². The third-order valence-corrected chi connectivity index (χ3v) is 3.91. The molecular formula is C19H15FN4O5. The Bertz CT molecular complexity index is 1160. The fourth-order valence-electron chi connectivity index (χ4n) is 2.49. The third-order valence-electron chi connectivity index (χ3n) is 3.91. The predicted octanol–water partition coefficient (Wildman–Crippen LogP) is 0.691. The minimum Gasteiger partial charge on any atom is -0.451 e. The van der Waals surface area contributed by atoms with Crippen molar-refractivity contribution in [3.8, 4) is 0 Å². The Morgan fingerprint density at radius 1 is 1.03 bits per heavy atom. The summed E-state index contributed by atoms with van der Waals surface area (Å²) in [5.74, 6) is -2.88. The van der Waals surface area contributed by atoms with Crippen LogP contribution in [-0.4, -0.2) is 34.2 Å². The van der Waals surface area contributed by atoms with E-state index in [-0.39, 0.29) is 22.2 Å². The van der Waals surface area contributed by atoms with Crippen LogP contribution < -0.4 is 16.4 Å². The maximum atomic E-state index is 12.9. The second kappa shape index (κ2) is 8.30. The maximum Gasteiger partial charge on any atom is 0.359 e. The third kappa shape index (κ3) is 4.43. The number of hydrogen-bond acceptors (Lipinski definition) is 6. The molecule has 3 rings (SSSR count). The molecule has 10 heteroatoms. The summed E-state index contributed by atoms with van der Waals surface area (Å²) in [5.41, 5.74) is 3.82. The van der Waals surface area contributed by atoms with E-state index in [1.165, 1.54) is 19.2 Å². The molecule has 2 N–H and O–H groups in total. The van der Waals surface area contributed by atoms with Gasteiger partial charge in [-0.15, -0.1) is 0 Å². The molecule has 0 bridgehead atoms. The number of halogens is 1. The number of ether oxygens (including phenoxy) is 1. The molecule has 0 aliphatic heterocycles. The lowest BCUT2D eigenvalue weighted by molar-refractivity contribution is -0.125. The summed E-state index contributed by atoms with van der Waals surface area (Å²) in [6.45, 7) is -0.693. The van der Waals surface area contributed by atoms with E-state index in [2.05, 4.69) is 16.0 Å². The van der Waals surface area contributed by atoms with Crippen LogP contribution in [0.5, 0.6) is 0 Å². The number of rotatable bonds is 4. The van der Waals surface area contributed by atoms with Gasteiger partial charge in [0.15, 0.2) is 12.3 Å². The Morgan fingerprint density at radius 2 is 1.69 bits per heavy atom. The normalized spacial score (nSPS) is 10.4. The summed E-state index contributed by atoms with van der Waals surface area (Å²) in [4.78, 5) is 48.0. The van der Waals surface area contributed by atoms with Gasteiger partial charge >= 0.3 is 5.97 Å². The average molecular weight is 398 g/mol. The Labute approximate surface area is 163 Å². The Kier molecular flexibility index (Phi) is 5.63. The zero-order valence-electron chi connectivity index (χ0n) is 15.1. The first kappa shape index (κ1) is 19.7. The maximum absolute atomic E-state index is 12.9. The van der Waals surface area contributed by atoms with E-state index in [0.29, 0.717) is 5.39 Å². The van der Waals surface area contributed by atoms with Crippen LogP contribution in [0.25, 0.3) is 10.8 Å². The highest BCUT2D eigenvalue weighted by Crippen LogP contribution is 2.13. The largest absolute Gasteiger partial charge is 0.451 e. The lowest BCUT2D eigenvalue weighted by Crippen LogP contribution is -2.43. The van der Waals surface area contributed by atoms with Crippen LogP contribution in [0.4, 0.5) is 4.39 Å². The summed E-state index contributed by atoms with van der Waals surface area (Å²) >= 11 is 0. The molecule has 0 saturated heterocycles. The number of carbonyl (C=O) groups is 3. The van der Waals surface area contributed by atoms with Gasteiger partial charge in [-0.25, -0.2) is 13.9 Å². The summed E-state index contributed by atoms with van der Waals surface area (Å²) in [6, 6.07) is 11.1. The van der Waals surface area contributed by atoms with Gasteiger partial charge in [0.25, 0.3) is 17.4 Å². The van der Waals surface area contributed by atoms with Gasteiger partial charge in [0.1, 0.15) is 5.82 Å². The highest BCUT2D eigenvalue weighted by molar-refractivity contribution is 6.02. The molecule has 0 aliphatic rings. The van der Waals surface area contributed by atoms with Crippen LogP contribution in [0.3, 0.4) is 0 Å². The van der Waals surface area contributed by atoms with Crippen molar-refractivity contribution >= 4 is 28.6 Å². The molecule has 148 valence electrons. The van der Waals surface area contributed by atoms with Crippen molar-refractivity contribution in [3.63, 3.8) is 0 Å². The quantitative estimate of drug-likeness (QED) is 0.493. The molecule has 9 nitrogen and oxygen atoms in total. The highest BCUT2D eigenvalue weighted by atomic mass is 19.1. The van der Waals surface area contributed by atoms with Gasteiger partial charge in [-0.2, -0.15) is 5.10 Å². The average Bonchev–Trinajstić information content (AvgIpc) is 2.73. The van der Waals surface area contributed by atoms with Crippen molar-refractivity contribution in [1.29, 1.82) is 0 Å². The van der Waals surface area contributed by atoms with Crippen molar-refractivity contribution < 1.29 is 23.5 Å². The molecule has 2 aromatic carbocycles. The molecule has 2 amide bonds. The number of nitrogens with one attached hydrogen (secondary N) is 2.